The highest BCUT2D eigenvalue weighted by atomic mass is 35.5. The van der Waals surface area contributed by atoms with Crippen molar-refractivity contribution < 1.29 is 0 Å². The summed E-state index contributed by atoms with van der Waals surface area (Å²) in [4.78, 5) is 0. The molecule has 0 bridgehead atoms. The molecule has 2 aromatic carbocycles. The lowest BCUT2D eigenvalue weighted by Gasteiger charge is -2.12. The van der Waals surface area contributed by atoms with Gasteiger partial charge >= 0.3 is 0 Å². The molecule has 0 spiro atoms. The first-order valence-corrected chi connectivity index (χ1v) is 9.45. The van der Waals surface area contributed by atoms with E-state index in [1.54, 1.807) is 23.3 Å². The molecular formula is C21H17Cl2N5. The van der Waals surface area contributed by atoms with E-state index < -0.39 is 0 Å². The zero-order chi connectivity index (χ0) is 19.7. The lowest BCUT2D eigenvalue weighted by molar-refractivity contribution is 0.887. The van der Waals surface area contributed by atoms with Crippen LogP contribution in [-0.2, 0) is 0 Å². The fourth-order valence-corrected chi connectivity index (χ4v) is 3.55. The summed E-state index contributed by atoms with van der Waals surface area (Å²) in [7, 11) is 0. The molecule has 2 heterocycles. The standard InChI is InChI=1S/C21H17Cl2N5/c1-14-11-17(15(2)28(14)19-10-6-9-18(22)20(19)23)12-25-27-13-24-26-21(27)16-7-4-3-5-8-16/h3-13H,1-2H3/b25-12-. The molecular weight excluding hydrogens is 393 g/mol. The van der Waals surface area contributed by atoms with Crippen molar-refractivity contribution >= 4 is 29.4 Å². The second-order valence-electron chi connectivity index (χ2n) is 6.34. The lowest BCUT2D eigenvalue weighted by Crippen LogP contribution is -2.01. The Morgan fingerprint density at radius 1 is 1.00 bits per heavy atom. The third kappa shape index (κ3) is 3.35. The van der Waals surface area contributed by atoms with Gasteiger partial charge < -0.3 is 4.57 Å². The first-order valence-electron chi connectivity index (χ1n) is 8.69. The van der Waals surface area contributed by atoms with Crippen LogP contribution in [0.5, 0.6) is 0 Å². The molecule has 0 fully saturated rings. The van der Waals surface area contributed by atoms with Gasteiger partial charge in [0.25, 0.3) is 0 Å². The molecule has 4 rings (SSSR count). The van der Waals surface area contributed by atoms with E-state index in [-0.39, 0.29) is 0 Å². The monoisotopic (exact) mass is 409 g/mol. The van der Waals surface area contributed by atoms with Gasteiger partial charge in [-0.1, -0.05) is 59.6 Å². The highest BCUT2D eigenvalue weighted by Gasteiger charge is 2.14. The number of hydrogen-bond acceptors (Lipinski definition) is 3. The first-order chi connectivity index (χ1) is 13.6. The molecule has 28 heavy (non-hydrogen) atoms. The predicted molar refractivity (Wildman–Crippen MR) is 114 cm³/mol. The SMILES string of the molecule is Cc1cc(/C=N\n2cnnc2-c2ccccc2)c(C)n1-c1cccc(Cl)c1Cl. The Bertz CT molecular complexity index is 1160. The number of halogens is 2. The molecule has 140 valence electrons. The molecule has 5 nitrogen and oxygen atoms in total. The summed E-state index contributed by atoms with van der Waals surface area (Å²) in [6.07, 6.45) is 3.39. The van der Waals surface area contributed by atoms with E-state index in [1.807, 2.05) is 56.3 Å². The van der Waals surface area contributed by atoms with Crippen LogP contribution in [0.2, 0.25) is 10.0 Å². The number of aromatic nitrogens is 4. The summed E-state index contributed by atoms with van der Waals surface area (Å²) in [5.41, 5.74) is 4.82. The van der Waals surface area contributed by atoms with Gasteiger partial charge in [-0.15, -0.1) is 10.2 Å². The molecule has 4 aromatic rings. The molecule has 0 aliphatic heterocycles. The Morgan fingerprint density at radius 3 is 2.57 bits per heavy atom. The molecule has 0 saturated heterocycles. The Morgan fingerprint density at radius 2 is 1.79 bits per heavy atom. The molecule has 0 saturated carbocycles. The molecule has 2 aromatic heterocycles. The summed E-state index contributed by atoms with van der Waals surface area (Å²) >= 11 is 12.6. The lowest BCUT2D eigenvalue weighted by atomic mass is 10.2. The van der Waals surface area contributed by atoms with E-state index in [4.69, 9.17) is 23.2 Å². The van der Waals surface area contributed by atoms with Crippen molar-refractivity contribution in [1.82, 2.24) is 19.4 Å². The number of benzene rings is 2. The van der Waals surface area contributed by atoms with Gasteiger partial charge in [0.1, 0.15) is 6.33 Å². The molecule has 0 aliphatic rings. The molecule has 0 N–H and O–H groups in total. The molecule has 0 aliphatic carbocycles. The van der Waals surface area contributed by atoms with Crippen LogP contribution in [0.1, 0.15) is 17.0 Å². The van der Waals surface area contributed by atoms with E-state index >= 15 is 0 Å². The average molecular weight is 410 g/mol. The molecule has 0 atom stereocenters. The zero-order valence-corrected chi connectivity index (χ0v) is 16.9. The van der Waals surface area contributed by atoms with E-state index in [9.17, 15) is 0 Å². The van der Waals surface area contributed by atoms with Crippen molar-refractivity contribution in [2.24, 2.45) is 5.10 Å². The molecule has 0 radical (unpaired) electrons. The Labute approximate surface area is 172 Å². The molecule has 0 amide bonds. The van der Waals surface area contributed by atoms with Crippen molar-refractivity contribution in [3.8, 4) is 17.1 Å². The van der Waals surface area contributed by atoms with Gasteiger partial charge in [-0.25, -0.2) is 0 Å². The third-order valence-electron chi connectivity index (χ3n) is 4.53. The number of hydrogen-bond donors (Lipinski definition) is 0. The van der Waals surface area contributed by atoms with Crippen LogP contribution < -0.4 is 0 Å². The minimum atomic E-state index is 0.527. The highest BCUT2D eigenvalue weighted by molar-refractivity contribution is 6.43. The number of nitrogens with zero attached hydrogens (tertiary/aromatic N) is 5. The maximum atomic E-state index is 6.42. The van der Waals surface area contributed by atoms with Crippen molar-refractivity contribution in [3.63, 3.8) is 0 Å². The minimum absolute atomic E-state index is 0.527. The topological polar surface area (TPSA) is 48.0 Å². The molecule has 0 unspecified atom stereocenters. The van der Waals surface area contributed by atoms with Crippen LogP contribution in [0, 0.1) is 13.8 Å². The second-order valence-corrected chi connectivity index (χ2v) is 7.13. The second kappa shape index (κ2) is 7.62. The number of rotatable bonds is 4. The Kier molecular flexibility index (Phi) is 5.03. The van der Waals surface area contributed by atoms with Crippen LogP contribution in [0.15, 0.2) is 66.0 Å². The predicted octanol–water partition coefficient (Wildman–Crippen LogP) is 5.54. The quantitative estimate of drug-likeness (QED) is 0.415. The molecule has 7 heteroatoms. The van der Waals surface area contributed by atoms with Gasteiger partial charge in [-0.3, -0.25) is 0 Å². The van der Waals surface area contributed by atoms with Crippen molar-refractivity contribution in [2.75, 3.05) is 0 Å². The van der Waals surface area contributed by atoms with Gasteiger partial charge in [-0.05, 0) is 32.0 Å². The summed E-state index contributed by atoms with van der Waals surface area (Å²) < 4.78 is 3.73. The summed E-state index contributed by atoms with van der Waals surface area (Å²) in [5.74, 6) is 0.684. The zero-order valence-electron chi connectivity index (χ0n) is 15.3. The van der Waals surface area contributed by atoms with Crippen LogP contribution in [-0.4, -0.2) is 25.7 Å². The van der Waals surface area contributed by atoms with Crippen molar-refractivity contribution in [3.05, 3.63) is 87.9 Å². The van der Waals surface area contributed by atoms with Crippen LogP contribution in [0.3, 0.4) is 0 Å². The van der Waals surface area contributed by atoms with Gasteiger partial charge in [0.2, 0.25) is 0 Å². The Balaban J connectivity index is 1.72. The first kappa shape index (κ1) is 18.5. The number of aryl methyl sites for hydroxylation is 1. The largest absolute Gasteiger partial charge is 0.316 e. The van der Waals surface area contributed by atoms with Crippen molar-refractivity contribution in [1.29, 1.82) is 0 Å². The van der Waals surface area contributed by atoms with E-state index in [0.717, 1.165) is 28.2 Å². The smallest absolute Gasteiger partial charge is 0.184 e. The Hall–Kier alpha value is -2.89. The van der Waals surface area contributed by atoms with Gasteiger partial charge in [0.05, 0.1) is 21.9 Å². The van der Waals surface area contributed by atoms with E-state index in [2.05, 4.69) is 25.9 Å². The van der Waals surface area contributed by atoms with Gasteiger partial charge in [0.15, 0.2) is 5.82 Å². The third-order valence-corrected chi connectivity index (χ3v) is 5.34. The fraction of sp³-hybridized carbons (Fsp3) is 0.0952. The van der Waals surface area contributed by atoms with Crippen LogP contribution in [0.25, 0.3) is 17.1 Å². The maximum Gasteiger partial charge on any atom is 0.184 e. The van der Waals surface area contributed by atoms with E-state index in [0.29, 0.717) is 15.9 Å². The summed E-state index contributed by atoms with van der Waals surface area (Å²) in [5, 5.41) is 13.8. The minimum Gasteiger partial charge on any atom is -0.316 e. The highest BCUT2D eigenvalue weighted by Crippen LogP contribution is 2.31. The van der Waals surface area contributed by atoms with Crippen LogP contribution >= 0.6 is 23.2 Å². The maximum absolute atomic E-state index is 6.42. The average Bonchev–Trinajstić information content (AvgIpc) is 3.28. The van der Waals surface area contributed by atoms with Gasteiger partial charge in [-0.2, -0.15) is 9.78 Å². The van der Waals surface area contributed by atoms with E-state index in [1.165, 1.54) is 0 Å². The van der Waals surface area contributed by atoms with Crippen LogP contribution in [0.4, 0.5) is 0 Å². The summed E-state index contributed by atoms with van der Waals surface area (Å²) in [6, 6.07) is 17.5. The van der Waals surface area contributed by atoms with Gasteiger partial charge in [0, 0.05) is 22.5 Å². The summed E-state index contributed by atoms with van der Waals surface area (Å²) in [6.45, 7) is 4.05. The normalized spacial score (nSPS) is 11.4. The van der Waals surface area contributed by atoms with Crippen molar-refractivity contribution in [2.45, 2.75) is 13.8 Å². The fourth-order valence-electron chi connectivity index (χ4n) is 3.17.